The number of carboxylic acids is 1. The molecule has 0 bridgehead atoms. The van der Waals surface area contributed by atoms with Crippen LogP contribution in [0.2, 0.25) is 0 Å². The maximum Gasteiger partial charge on any atom is 0.342 e. The van der Waals surface area contributed by atoms with Crippen molar-refractivity contribution in [3.05, 3.63) is 57.5 Å². The normalized spacial score (nSPS) is 14.6. The molecule has 1 aliphatic rings. The zero-order valence-corrected chi connectivity index (χ0v) is 18.1. The summed E-state index contributed by atoms with van der Waals surface area (Å²) in [6.07, 6.45) is 0. The summed E-state index contributed by atoms with van der Waals surface area (Å²) >= 11 is 1.26. The number of methoxy groups -OCH3 is 1. The van der Waals surface area contributed by atoms with E-state index in [9.17, 15) is 19.5 Å². The molecule has 1 aromatic heterocycles. The number of aromatic nitrogens is 1. The van der Waals surface area contributed by atoms with E-state index in [4.69, 9.17) is 10.5 Å². The number of hydrogen-bond donors (Lipinski definition) is 3. The van der Waals surface area contributed by atoms with Gasteiger partial charge in [0.25, 0.3) is 0 Å². The lowest BCUT2D eigenvalue weighted by atomic mass is 9.98. The number of pyridine rings is 1. The molecule has 2 heterocycles. The summed E-state index contributed by atoms with van der Waals surface area (Å²) in [7, 11) is 1.38. The van der Waals surface area contributed by atoms with Gasteiger partial charge >= 0.3 is 5.97 Å². The lowest BCUT2D eigenvalue weighted by Crippen LogP contribution is -2.29. The maximum absolute atomic E-state index is 15.3. The van der Waals surface area contributed by atoms with Gasteiger partial charge in [-0.1, -0.05) is 36.0 Å². The molecule has 0 spiro atoms. The van der Waals surface area contributed by atoms with Crippen molar-refractivity contribution in [3.63, 3.8) is 0 Å². The number of amides is 1. The Kier molecular flexibility index (Phi) is 5.66. The number of aromatic carboxylic acids is 1. The Labute approximate surface area is 186 Å². The summed E-state index contributed by atoms with van der Waals surface area (Å²) in [5.41, 5.74) is 6.01. The quantitative estimate of drug-likeness (QED) is 0.520. The van der Waals surface area contributed by atoms with Crippen molar-refractivity contribution < 1.29 is 23.8 Å². The molecular weight excluding hydrogens is 437 g/mol. The average molecular weight is 457 g/mol. The van der Waals surface area contributed by atoms with Crippen molar-refractivity contribution in [1.82, 2.24) is 9.88 Å². The van der Waals surface area contributed by atoms with Crippen LogP contribution in [0, 0.1) is 5.82 Å². The Morgan fingerprint density at radius 1 is 1.31 bits per heavy atom. The minimum atomic E-state index is -1.35. The first-order chi connectivity index (χ1) is 15.3. The van der Waals surface area contributed by atoms with Gasteiger partial charge in [0.05, 0.1) is 40.5 Å². The predicted molar refractivity (Wildman–Crippen MR) is 119 cm³/mol. The van der Waals surface area contributed by atoms with Crippen LogP contribution in [0.25, 0.3) is 22.0 Å². The fourth-order valence-electron chi connectivity index (χ4n) is 3.83. The van der Waals surface area contributed by atoms with E-state index in [1.165, 1.54) is 18.9 Å². The number of ether oxygens (including phenoxy) is 1. The second-order valence-electron chi connectivity index (χ2n) is 7.24. The van der Waals surface area contributed by atoms with E-state index in [0.29, 0.717) is 16.1 Å². The van der Waals surface area contributed by atoms with E-state index in [-0.39, 0.29) is 46.6 Å². The largest absolute Gasteiger partial charge is 0.494 e. The highest BCUT2D eigenvalue weighted by Gasteiger charge is 2.35. The molecule has 4 N–H and O–H groups in total. The molecule has 166 valence electrons. The number of carbonyl (C=O) groups is 2. The summed E-state index contributed by atoms with van der Waals surface area (Å²) in [6.45, 7) is 2.03. The molecule has 32 heavy (non-hydrogen) atoms. The van der Waals surface area contributed by atoms with Gasteiger partial charge in [-0.3, -0.25) is 9.59 Å². The molecule has 1 aliphatic heterocycles. The van der Waals surface area contributed by atoms with Crippen molar-refractivity contribution in [3.8, 4) is 16.9 Å². The number of nitrogens with zero attached hydrogens (tertiary/aromatic N) is 1. The standard InChI is InChI=1S/C22H20FN3O5S/c1-10-26-18-13(19(28)17(22(29)30)21(26)32-10)7-14(23)16(20(18)31-2)12-5-3-11(4-6-12)9-25-15(27)8-24/h3-7,10H,8-9,24H2,1-2H3,(H,25,27)(H,29,30). The highest BCUT2D eigenvalue weighted by molar-refractivity contribution is 8.00. The van der Waals surface area contributed by atoms with Crippen LogP contribution in [0.15, 0.2) is 40.2 Å². The first kappa shape index (κ1) is 21.8. The smallest absolute Gasteiger partial charge is 0.342 e. The number of nitrogens with two attached hydrogens (primary N) is 1. The Bertz CT molecular complexity index is 1320. The number of halogens is 1. The molecule has 4 rings (SSSR count). The van der Waals surface area contributed by atoms with E-state index < -0.39 is 17.2 Å². The van der Waals surface area contributed by atoms with Crippen LogP contribution in [0.3, 0.4) is 0 Å². The third kappa shape index (κ3) is 3.41. The molecule has 0 fully saturated rings. The Balaban J connectivity index is 1.90. The lowest BCUT2D eigenvalue weighted by molar-refractivity contribution is -0.119. The van der Waals surface area contributed by atoms with Gasteiger partial charge in [-0.2, -0.15) is 0 Å². The van der Waals surface area contributed by atoms with Crippen molar-refractivity contribution in [2.45, 2.75) is 23.9 Å². The number of rotatable bonds is 6. The zero-order valence-electron chi connectivity index (χ0n) is 17.3. The minimum Gasteiger partial charge on any atom is -0.494 e. The van der Waals surface area contributed by atoms with Crippen molar-refractivity contribution in [2.24, 2.45) is 5.73 Å². The average Bonchev–Trinajstić information content (AvgIpc) is 2.77. The highest BCUT2D eigenvalue weighted by Crippen LogP contribution is 2.49. The third-order valence-electron chi connectivity index (χ3n) is 5.33. The summed E-state index contributed by atoms with van der Waals surface area (Å²) in [6, 6.07) is 7.93. The van der Waals surface area contributed by atoms with Crippen LogP contribution in [-0.2, 0) is 11.3 Å². The summed E-state index contributed by atoms with van der Waals surface area (Å²) in [5.74, 6) is -2.17. The number of carbonyl (C=O) groups excluding carboxylic acids is 1. The van der Waals surface area contributed by atoms with Gasteiger partial charge in [0, 0.05) is 6.54 Å². The fraction of sp³-hybridized carbons (Fsp3) is 0.227. The summed E-state index contributed by atoms with van der Waals surface area (Å²) in [5, 5.41) is 12.3. The number of benzene rings is 2. The Morgan fingerprint density at radius 3 is 2.56 bits per heavy atom. The van der Waals surface area contributed by atoms with Gasteiger partial charge in [0.1, 0.15) is 11.4 Å². The first-order valence-electron chi connectivity index (χ1n) is 9.73. The summed E-state index contributed by atoms with van der Waals surface area (Å²) in [4.78, 5) is 35.9. The number of thioether (sulfide) groups is 1. The van der Waals surface area contributed by atoms with Gasteiger partial charge in [-0.25, -0.2) is 9.18 Å². The molecule has 10 heteroatoms. The van der Waals surface area contributed by atoms with E-state index in [1.807, 2.05) is 6.92 Å². The molecule has 0 saturated carbocycles. The van der Waals surface area contributed by atoms with Gasteiger partial charge < -0.3 is 25.5 Å². The van der Waals surface area contributed by atoms with Gasteiger partial charge in [-0.15, -0.1) is 0 Å². The van der Waals surface area contributed by atoms with Crippen molar-refractivity contribution >= 4 is 34.5 Å². The number of carboxylic acid groups (broad SMARTS) is 1. The lowest BCUT2D eigenvalue weighted by Gasteiger charge is -2.33. The minimum absolute atomic E-state index is 0.0440. The van der Waals surface area contributed by atoms with E-state index in [2.05, 4.69) is 5.32 Å². The first-order valence-corrected chi connectivity index (χ1v) is 10.6. The third-order valence-corrected chi connectivity index (χ3v) is 6.51. The monoisotopic (exact) mass is 457 g/mol. The van der Waals surface area contributed by atoms with Gasteiger partial charge in [0.15, 0.2) is 5.75 Å². The van der Waals surface area contributed by atoms with Gasteiger partial charge in [0.2, 0.25) is 11.3 Å². The predicted octanol–water partition coefficient (Wildman–Crippen LogP) is 2.71. The van der Waals surface area contributed by atoms with E-state index in [0.717, 1.165) is 11.6 Å². The fourth-order valence-corrected chi connectivity index (χ4v) is 4.97. The highest BCUT2D eigenvalue weighted by atomic mass is 32.2. The maximum atomic E-state index is 15.3. The number of nitrogens with one attached hydrogen (secondary N) is 1. The van der Waals surface area contributed by atoms with Crippen LogP contribution in [-0.4, -0.2) is 35.2 Å². The van der Waals surface area contributed by atoms with Crippen LogP contribution >= 0.6 is 11.8 Å². The molecule has 3 aromatic rings. The van der Waals surface area contributed by atoms with Crippen LogP contribution in [0.4, 0.5) is 4.39 Å². The molecule has 0 aliphatic carbocycles. The van der Waals surface area contributed by atoms with Gasteiger partial charge in [-0.05, 0) is 24.1 Å². The van der Waals surface area contributed by atoms with Crippen molar-refractivity contribution in [2.75, 3.05) is 13.7 Å². The van der Waals surface area contributed by atoms with E-state index in [1.54, 1.807) is 28.8 Å². The molecular formula is C22H20FN3O5S. The molecule has 1 amide bonds. The molecule has 8 nitrogen and oxygen atoms in total. The second-order valence-corrected chi connectivity index (χ2v) is 8.55. The zero-order chi connectivity index (χ0) is 23.2. The number of fused-ring (bicyclic) bond motifs is 3. The van der Waals surface area contributed by atoms with E-state index >= 15 is 4.39 Å². The Hall–Kier alpha value is -3.37. The molecule has 0 saturated heterocycles. The molecule has 1 atom stereocenters. The Morgan fingerprint density at radius 2 is 2.00 bits per heavy atom. The van der Waals surface area contributed by atoms with Crippen LogP contribution < -0.4 is 21.2 Å². The molecule has 2 aromatic carbocycles. The summed E-state index contributed by atoms with van der Waals surface area (Å²) < 4.78 is 22.5. The van der Waals surface area contributed by atoms with Crippen LogP contribution in [0.5, 0.6) is 5.75 Å². The molecule has 1 unspecified atom stereocenters. The molecule has 0 radical (unpaired) electrons. The second kappa shape index (κ2) is 8.29. The van der Waals surface area contributed by atoms with Crippen LogP contribution in [0.1, 0.15) is 28.2 Å². The topological polar surface area (TPSA) is 124 Å². The van der Waals surface area contributed by atoms with Crippen molar-refractivity contribution in [1.29, 1.82) is 0 Å². The SMILES string of the molecule is COc1c(-c2ccc(CNC(=O)CN)cc2)c(F)cc2c(=O)c(C(=O)O)c3n(c12)C(C)S3. The number of hydrogen-bond acceptors (Lipinski definition) is 6.